The van der Waals surface area contributed by atoms with E-state index >= 15 is 0 Å². The van der Waals surface area contributed by atoms with Crippen molar-refractivity contribution >= 4 is 55.0 Å². The highest BCUT2D eigenvalue weighted by molar-refractivity contribution is 7.99. The van der Waals surface area contributed by atoms with Gasteiger partial charge in [0.25, 0.3) is 0 Å². The van der Waals surface area contributed by atoms with Crippen LogP contribution in [0.5, 0.6) is 0 Å². The minimum absolute atomic E-state index is 0.371. The summed E-state index contributed by atoms with van der Waals surface area (Å²) in [6.45, 7) is 4.55. The predicted octanol–water partition coefficient (Wildman–Crippen LogP) is 9.05. The highest BCUT2D eigenvalue weighted by Crippen LogP contribution is 2.51. The normalized spacial score (nSPS) is 14.4. The lowest BCUT2D eigenvalue weighted by Gasteiger charge is -2.39. The average Bonchev–Trinajstić information content (AvgIpc) is 3.24. The Morgan fingerprint density at radius 3 is 2.25 bits per heavy atom. The van der Waals surface area contributed by atoms with Crippen LogP contribution in [0.1, 0.15) is 19.4 Å². The fraction of sp³-hybridized carbons (Fsp3) is 0.0968. The molecule has 0 unspecified atom stereocenters. The molecule has 0 atom stereocenters. The summed E-state index contributed by atoms with van der Waals surface area (Å²) in [5, 5.41) is 1.18. The van der Waals surface area contributed by atoms with Gasteiger partial charge in [0.2, 0.25) is 5.95 Å². The molecule has 3 nitrogen and oxygen atoms in total. The smallest absolute Gasteiger partial charge is 0.231 e. The van der Waals surface area contributed by atoms with Crippen LogP contribution in [0.2, 0.25) is 0 Å². The van der Waals surface area contributed by atoms with Crippen molar-refractivity contribution in [1.29, 1.82) is 0 Å². The summed E-state index contributed by atoms with van der Waals surface area (Å²) in [7, 11) is 0. The molecule has 0 radical (unpaired) electrons. The van der Waals surface area contributed by atoms with E-state index in [1.807, 2.05) is 11.8 Å². The molecule has 2 aromatic heterocycles. The first-order valence-electron chi connectivity index (χ1n) is 12.0. The number of para-hydroxylation sites is 1. The molecule has 0 fully saturated rings. The van der Waals surface area contributed by atoms with Gasteiger partial charge >= 0.3 is 0 Å². The van der Waals surface area contributed by atoms with Crippen LogP contribution in [-0.4, -0.2) is 9.97 Å². The molecule has 1 aliphatic rings. The Labute approximate surface area is 218 Å². The van der Waals surface area contributed by atoms with Crippen molar-refractivity contribution in [1.82, 2.24) is 9.97 Å². The Bertz CT molecular complexity index is 1750. The fourth-order valence-corrected chi connectivity index (χ4v) is 7.53. The molecule has 4 aromatic carbocycles. The molecule has 0 amide bonds. The molecule has 3 heterocycles. The monoisotopic (exact) mass is 501 g/mol. The minimum atomic E-state index is -0.371. The molecule has 5 heteroatoms. The van der Waals surface area contributed by atoms with Gasteiger partial charge in [0.05, 0.1) is 27.1 Å². The lowest BCUT2D eigenvalue weighted by molar-refractivity contribution is 0.517. The molecule has 0 N–H and O–H groups in total. The fourth-order valence-electron chi connectivity index (χ4n) is 5.16. The third-order valence-corrected chi connectivity index (χ3v) is 9.19. The van der Waals surface area contributed by atoms with Gasteiger partial charge in [-0.3, -0.25) is 4.90 Å². The number of aromatic nitrogens is 2. The number of anilines is 2. The molecule has 0 aliphatic carbocycles. The molecule has 174 valence electrons. The zero-order valence-corrected chi connectivity index (χ0v) is 21.6. The van der Waals surface area contributed by atoms with E-state index in [4.69, 9.17) is 9.97 Å². The van der Waals surface area contributed by atoms with E-state index in [0.717, 1.165) is 33.1 Å². The Hall–Kier alpha value is -3.67. The van der Waals surface area contributed by atoms with Gasteiger partial charge in [-0.15, -0.1) is 11.3 Å². The van der Waals surface area contributed by atoms with Gasteiger partial charge in [-0.1, -0.05) is 90.6 Å². The van der Waals surface area contributed by atoms with E-state index < -0.39 is 0 Å². The van der Waals surface area contributed by atoms with Crippen molar-refractivity contribution in [3.05, 3.63) is 109 Å². The summed E-state index contributed by atoms with van der Waals surface area (Å²) in [4.78, 5) is 15.4. The number of rotatable bonds is 2. The molecular weight excluding hydrogens is 478 g/mol. The van der Waals surface area contributed by atoms with Gasteiger partial charge in [0.1, 0.15) is 0 Å². The van der Waals surface area contributed by atoms with Crippen LogP contribution in [0.3, 0.4) is 0 Å². The largest absolute Gasteiger partial charge is 0.300 e. The molecule has 0 saturated carbocycles. The minimum Gasteiger partial charge on any atom is -0.300 e. The maximum Gasteiger partial charge on any atom is 0.231 e. The molecule has 6 aromatic rings. The maximum absolute atomic E-state index is 5.32. The average molecular weight is 502 g/mol. The maximum atomic E-state index is 5.32. The van der Waals surface area contributed by atoms with Crippen LogP contribution in [0.25, 0.3) is 31.6 Å². The van der Waals surface area contributed by atoms with E-state index in [1.54, 1.807) is 11.3 Å². The number of fused-ring (bicyclic) bond motifs is 5. The number of thiophene rings is 1. The first-order chi connectivity index (χ1) is 17.6. The number of hydrogen-bond donors (Lipinski definition) is 0. The molecular formula is C31H23N3S2. The lowest BCUT2D eigenvalue weighted by Crippen LogP contribution is -2.39. The van der Waals surface area contributed by atoms with Crippen LogP contribution >= 0.6 is 23.1 Å². The first kappa shape index (κ1) is 21.6. The Kier molecular flexibility index (Phi) is 4.91. The SMILES string of the molecule is CC1(C)c2ccccc2Sc2ccccc2N1c1nc(-c2ccccc2)c2sc3ccccc3c2n1. The van der Waals surface area contributed by atoms with Crippen molar-refractivity contribution in [2.75, 3.05) is 4.90 Å². The summed E-state index contributed by atoms with van der Waals surface area (Å²) in [6.07, 6.45) is 0. The molecule has 0 saturated heterocycles. The molecule has 0 spiro atoms. The third kappa shape index (κ3) is 3.27. The van der Waals surface area contributed by atoms with Gasteiger partial charge < -0.3 is 0 Å². The van der Waals surface area contributed by atoms with Crippen LogP contribution in [0.15, 0.2) is 113 Å². The molecule has 0 bridgehead atoms. The van der Waals surface area contributed by atoms with Crippen LogP contribution in [0, 0.1) is 0 Å². The summed E-state index contributed by atoms with van der Waals surface area (Å²) >= 11 is 3.59. The number of benzene rings is 4. The highest BCUT2D eigenvalue weighted by Gasteiger charge is 2.38. The van der Waals surface area contributed by atoms with Crippen molar-refractivity contribution in [2.24, 2.45) is 0 Å². The van der Waals surface area contributed by atoms with Crippen molar-refractivity contribution in [2.45, 2.75) is 29.2 Å². The third-order valence-electron chi connectivity index (χ3n) is 6.89. The van der Waals surface area contributed by atoms with Crippen LogP contribution in [0.4, 0.5) is 11.6 Å². The zero-order valence-electron chi connectivity index (χ0n) is 20.0. The quantitative estimate of drug-likeness (QED) is 0.237. The topological polar surface area (TPSA) is 29.0 Å². The summed E-state index contributed by atoms with van der Waals surface area (Å²) in [5.74, 6) is 0.722. The first-order valence-corrected chi connectivity index (χ1v) is 13.7. The standard InChI is InChI=1S/C31H23N3S2/c1-31(2)22-15-7-10-18-25(22)35-26-19-11-8-16-23(26)34(31)30-32-27(20-12-4-3-5-13-20)29-28(33-30)21-14-6-9-17-24(21)36-29/h3-19H,1-2H3. The van der Waals surface area contributed by atoms with E-state index in [2.05, 4.69) is 122 Å². The van der Waals surface area contributed by atoms with E-state index in [9.17, 15) is 0 Å². The molecule has 7 rings (SSSR count). The van der Waals surface area contributed by atoms with Gasteiger partial charge in [0, 0.05) is 25.4 Å². The predicted molar refractivity (Wildman–Crippen MR) is 153 cm³/mol. The number of nitrogens with zero attached hydrogens (tertiary/aromatic N) is 3. The highest BCUT2D eigenvalue weighted by atomic mass is 32.2. The van der Waals surface area contributed by atoms with Gasteiger partial charge in [-0.25, -0.2) is 9.97 Å². The van der Waals surface area contributed by atoms with Gasteiger partial charge in [-0.05, 0) is 43.7 Å². The summed E-state index contributed by atoms with van der Waals surface area (Å²) in [5.41, 5.74) is 5.12. The Morgan fingerprint density at radius 1 is 0.694 bits per heavy atom. The Morgan fingerprint density at radius 2 is 1.39 bits per heavy atom. The zero-order chi connectivity index (χ0) is 24.3. The second kappa shape index (κ2) is 8.19. The van der Waals surface area contributed by atoms with Crippen LogP contribution in [-0.2, 0) is 5.54 Å². The van der Waals surface area contributed by atoms with Gasteiger partial charge in [-0.2, -0.15) is 0 Å². The van der Waals surface area contributed by atoms with Gasteiger partial charge in [0.15, 0.2) is 0 Å². The second-order valence-corrected chi connectivity index (χ2v) is 11.6. The van der Waals surface area contributed by atoms with Crippen molar-refractivity contribution in [3.63, 3.8) is 0 Å². The van der Waals surface area contributed by atoms with Crippen LogP contribution < -0.4 is 4.90 Å². The van der Waals surface area contributed by atoms with E-state index in [1.165, 1.54) is 25.4 Å². The summed E-state index contributed by atoms with van der Waals surface area (Å²) in [6, 6.07) is 36.3. The van der Waals surface area contributed by atoms with Crippen molar-refractivity contribution in [3.8, 4) is 11.3 Å². The van der Waals surface area contributed by atoms with Crippen molar-refractivity contribution < 1.29 is 0 Å². The van der Waals surface area contributed by atoms with E-state index in [-0.39, 0.29) is 5.54 Å². The molecule has 36 heavy (non-hydrogen) atoms. The second-order valence-electron chi connectivity index (χ2n) is 9.47. The number of hydrogen-bond acceptors (Lipinski definition) is 5. The van der Waals surface area contributed by atoms with E-state index in [0.29, 0.717) is 0 Å². The lowest BCUT2D eigenvalue weighted by atomic mass is 9.91. The molecule has 1 aliphatic heterocycles. The Balaban J connectivity index is 1.58. The summed E-state index contributed by atoms with van der Waals surface area (Å²) < 4.78 is 2.36.